The summed E-state index contributed by atoms with van der Waals surface area (Å²) in [5.74, 6) is -0.825. The van der Waals surface area contributed by atoms with Gasteiger partial charge in [0, 0.05) is 5.69 Å². The van der Waals surface area contributed by atoms with Crippen molar-refractivity contribution >= 4 is 27.5 Å². The molecule has 1 aromatic rings. The average molecular weight is 271 g/mol. The number of rotatable bonds is 4. The normalized spacial score (nSPS) is 11.1. The lowest BCUT2D eigenvalue weighted by Gasteiger charge is -2.10. The Morgan fingerprint density at radius 2 is 1.94 bits per heavy atom. The number of carbonyl (C=O) groups is 2. The number of hydrogen-bond donors (Lipinski definition) is 2. The summed E-state index contributed by atoms with van der Waals surface area (Å²) in [7, 11) is -4.33. The molecule has 0 saturated heterocycles. The summed E-state index contributed by atoms with van der Waals surface area (Å²) in [6.45, 7) is 2.73. The summed E-state index contributed by atoms with van der Waals surface area (Å²) in [6, 6.07) is 4.10. The van der Waals surface area contributed by atoms with Crippen molar-refractivity contribution < 1.29 is 22.6 Å². The van der Waals surface area contributed by atoms with Crippen molar-refractivity contribution in [1.29, 1.82) is 0 Å². The Balaban J connectivity index is 3.06. The second kappa shape index (κ2) is 5.28. The van der Waals surface area contributed by atoms with Gasteiger partial charge in [-0.3, -0.25) is 14.1 Å². The summed E-state index contributed by atoms with van der Waals surface area (Å²) in [5, 5.41) is 2.42. The Morgan fingerprint density at radius 3 is 2.44 bits per heavy atom. The highest BCUT2D eigenvalue weighted by atomic mass is 32.2. The fraction of sp³-hybridized carbons (Fsp3) is 0.273. The lowest BCUT2D eigenvalue weighted by molar-refractivity contribution is -0.124. The Labute approximate surface area is 105 Å². The minimum atomic E-state index is -4.33. The molecule has 0 fully saturated rings. The van der Waals surface area contributed by atoms with Gasteiger partial charge < -0.3 is 5.32 Å². The highest BCUT2D eigenvalue weighted by Gasteiger charge is 2.16. The molecule has 98 valence electrons. The van der Waals surface area contributed by atoms with E-state index >= 15 is 0 Å². The molecular formula is C11H13NO5S. The van der Waals surface area contributed by atoms with Crippen molar-refractivity contribution in [2.45, 2.75) is 25.2 Å². The van der Waals surface area contributed by atoms with E-state index in [9.17, 15) is 18.0 Å². The van der Waals surface area contributed by atoms with Crippen molar-refractivity contribution in [2.75, 3.05) is 5.32 Å². The van der Waals surface area contributed by atoms with Crippen LogP contribution in [0.5, 0.6) is 0 Å². The van der Waals surface area contributed by atoms with Gasteiger partial charge in [0.15, 0.2) is 0 Å². The van der Waals surface area contributed by atoms with Gasteiger partial charge in [0.1, 0.15) is 5.78 Å². The van der Waals surface area contributed by atoms with Crippen LogP contribution in [0, 0.1) is 6.92 Å². The number of benzene rings is 1. The van der Waals surface area contributed by atoms with Crippen molar-refractivity contribution in [1.82, 2.24) is 0 Å². The third-order valence-corrected chi connectivity index (χ3v) is 3.24. The van der Waals surface area contributed by atoms with E-state index in [2.05, 4.69) is 5.32 Å². The van der Waals surface area contributed by atoms with E-state index in [-0.39, 0.29) is 28.4 Å². The highest BCUT2D eigenvalue weighted by Crippen LogP contribution is 2.22. The number of Topliss-reactive ketones (excluding diaryl/α,β-unsaturated/α-hetero) is 1. The molecule has 0 spiro atoms. The average Bonchev–Trinajstić information content (AvgIpc) is 2.18. The molecule has 0 atom stereocenters. The summed E-state index contributed by atoms with van der Waals surface area (Å²) in [6.07, 6.45) is -0.282. The zero-order valence-electron chi connectivity index (χ0n) is 9.93. The second-order valence-electron chi connectivity index (χ2n) is 3.83. The molecule has 18 heavy (non-hydrogen) atoms. The van der Waals surface area contributed by atoms with Gasteiger partial charge in [-0.15, -0.1) is 0 Å². The Morgan fingerprint density at radius 1 is 1.33 bits per heavy atom. The molecule has 1 rings (SSSR count). The van der Waals surface area contributed by atoms with Gasteiger partial charge in [0.05, 0.1) is 11.3 Å². The smallest absolute Gasteiger partial charge is 0.294 e. The zero-order chi connectivity index (χ0) is 13.9. The van der Waals surface area contributed by atoms with E-state index < -0.39 is 16.0 Å². The molecule has 0 radical (unpaired) electrons. The van der Waals surface area contributed by atoms with E-state index in [0.717, 1.165) is 0 Å². The third-order valence-electron chi connectivity index (χ3n) is 2.25. The maximum Gasteiger partial charge on any atom is 0.294 e. The van der Waals surface area contributed by atoms with E-state index in [1.165, 1.54) is 32.0 Å². The molecule has 2 N–H and O–H groups in total. The fourth-order valence-electron chi connectivity index (χ4n) is 1.45. The van der Waals surface area contributed by atoms with Crippen molar-refractivity contribution in [3.8, 4) is 0 Å². The minimum absolute atomic E-state index is 0.219. The highest BCUT2D eigenvalue weighted by molar-refractivity contribution is 7.85. The number of amides is 1. The molecule has 7 heteroatoms. The number of hydrogen-bond acceptors (Lipinski definition) is 4. The standard InChI is InChI=1S/C11H13NO5S/c1-7(13)6-11(14)12-9-4-3-5-10(8(9)2)18(15,16)17/h3-5H,6H2,1-2H3,(H,12,14)(H,15,16,17). The number of nitrogens with one attached hydrogen (secondary N) is 1. The van der Waals surface area contributed by atoms with Crippen LogP contribution in [0.15, 0.2) is 23.1 Å². The third kappa shape index (κ3) is 3.64. The topological polar surface area (TPSA) is 101 Å². The first kappa shape index (κ1) is 14.3. The van der Waals surface area contributed by atoms with Gasteiger partial charge >= 0.3 is 0 Å². The van der Waals surface area contributed by atoms with Crippen LogP contribution < -0.4 is 5.32 Å². The first-order valence-corrected chi connectivity index (χ1v) is 6.52. The SMILES string of the molecule is CC(=O)CC(=O)Nc1cccc(S(=O)(=O)O)c1C. The van der Waals surface area contributed by atoms with Crippen LogP contribution in [0.4, 0.5) is 5.69 Å². The quantitative estimate of drug-likeness (QED) is 0.632. The molecule has 0 heterocycles. The Kier molecular flexibility index (Phi) is 4.20. The van der Waals surface area contributed by atoms with Gasteiger partial charge in [0.2, 0.25) is 5.91 Å². The largest absolute Gasteiger partial charge is 0.325 e. The van der Waals surface area contributed by atoms with Crippen molar-refractivity contribution in [3.63, 3.8) is 0 Å². The Bertz CT molecular complexity index is 591. The molecule has 0 aliphatic rings. The van der Waals surface area contributed by atoms with Crippen LogP contribution in [-0.2, 0) is 19.7 Å². The molecule has 0 aliphatic heterocycles. The lowest BCUT2D eigenvalue weighted by atomic mass is 10.2. The minimum Gasteiger partial charge on any atom is -0.325 e. The molecule has 0 saturated carbocycles. The monoisotopic (exact) mass is 271 g/mol. The molecule has 0 bridgehead atoms. The van der Waals surface area contributed by atoms with Gasteiger partial charge in [-0.1, -0.05) is 6.07 Å². The molecule has 1 amide bonds. The van der Waals surface area contributed by atoms with Crippen LogP contribution in [0.1, 0.15) is 18.9 Å². The predicted octanol–water partition coefficient (Wildman–Crippen LogP) is 1.16. The summed E-state index contributed by atoms with van der Waals surface area (Å²) >= 11 is 0. The van der Waals surface area contributed by atoms with Gasteiger partial charge in [-0.25, -0.2) is 0 Å². The zero-order valence-corrected chi connectivity index (χ0v) is 10.7. The summed E-state index contributed by atoms with van der Waals surface area (Å²) < 4.78 is 31.1. The predicted molar refractivity (Wildman–Crippen MR) is 64.9 cm³/mol. The van der Waals surface area contributed by atoms with Crippen LogP contribution in [-0.4, -0.2) is 24.7 Å². The van der Waals surface area contributed by atoms with Crippen LogP contribution in [0.3, 0.4) is 0 Å². The summed E-state index contributed by atoms with van der Waals surface area (Å²) in [4.78, 5) is 21.9. The van der Waals surface area contributed by atoms with Gasteiger partial charge in [-0.05, 0) is 31.5 Å². The van der Waals surface area contributed by atoms with E-state index in [0.29, 0.717) is 0 Å². The molecule has 0 unspecified atom stereocenters. The van der Waals surface area contributed by atoms with E-state index in [1.54, 1.807) is 0 Å². The number of carbonyl (C=O) groups excluding carboxylic acids is 2. The fourth-order valence-corrected chi connectivity index (χ4v) is 2.20. The van der Waals surface area contributed by atoms with Crippen molar-refractivity contribution in [2.24, 2.45) is 0 Å². The number of ketones is 1. The van der Waals surface area contributed by atoms with Gasteiger partial charge in [-0.2, -0.15) is 8.42 Å². The first-order chi connectivity index (χ1) is 8.21. The molecular weight excluding hydrogens is 258 g/mol. The lowest BCUT2D eigenvalue weighted by Crippen LogP contribution is -2.16. The van der Waals surface area contributed by atoms with E-state index in [4.69, 9.17) is 4.55 Å². The molecule has 0 aliphatic carbocycles. The maximum atomic E-state index is 11.4. The first-order valence-electron chi connectivity index (χ1n) is 5.08. The van der Waals surface area contributed by atoms with E-state index in [1.807, 2.05) is 0 Å². The second-order valence-corrected chi connectivity index (χ2v) is 5.22. The molecule has 6 nitrogen and oxygen atoms in total. The van der Waals surface area contributed by atoms with Crippen molar-refractivity contribution in [3.05, 3.63) is 23.8 Å². The molecule has 0 aromatic heterocycles. The maximum absolute atomic E-state index is 11.4. The van der Waals surface area contributed by atoms with Crippen LogP contribution in [0.2, 0.25) is 0 Å². The number of anilines is 1. The Hall–Kier alpha value is -1.73. The summed E-state index contributed by atoms with van der Waals surface area (Å²) in [5.41, 5.74) is 0.466. The van der Waals surface area contributed by atoms with Crippen LogP contribution >= 0.6 is 0 Å². The van der Waals surface area contributed by atoms with Gasteiger partial charge in [0.25, 0.3) is 10.1 Å². The van der Waals surface area contributed by atoms with Crippen LogP contribution in [0.25, 0.3) is 0 Å². The molecule has 1 aromatic carbocycles.